The van der Waals surface area contributed by atoms with Gasteiger partial charge in [0.25, 0.3) is 0 Å². The highest BCUT2D eigenvalue weighted by molar-refractivity contribution is 5.21. The van der Waals surface area contributed by atoms with E-state index in [-0.39, 0.29) is 12.0 Å². The number of hydrogen-bond acceptors (Lipinski definition) is 3. The minimum atomic E-state index is -0.866. The minimum absolute atomic E-state index is 0.182. The van der Waals surface area contributed by atoms with E-state index >= 15 is 0 Å². The first-order valence-corrected chi connectivity index (χ1v) is 5.55. The highest BCUT2D eigenvalue weighted by Crippen LogP contribution is 2.18. The summed E-state index contributed by atoms with van der Waals surface area (Å²) in [5.41, 5.74) is 7.49. The lowest BCUT2D eigenvalue weighted by atomic mass is 10.0. The van der Waals surface area contributed by atoms with Gasteiger partial charge in [0, 0.05) is 6.20 Å². The molecular formula is C13H13F2N3. The maximum Gasteiger partial charge on any atom is 0.162 e. The minimum Gasteiger partial charge on any atom is -0.322 e. The second-order valence-corrected chi connectivity index (χ2v) is 4.11. The summed E-state index contributed by atoms with van der Waals surface area (Å²) in [5, 5.41) is 0. The predicted octanol–water partition coefficient (Wildman–Crippen LogP) is 2.31. The van der Waals surface area contributed by atoms with Crippen molar-refractivity contribution in [1.29, 1.82) is 0 Å². The van der Waals surface area contributed by atoms with Crippen molar-refractivity contribution in [2.24, 2.45) is 5.73 Å². The molecule has 0 spiro atoms. The molecule has 5 heteroatoms. The van der Waals surface area contributed by atoms with Crippen LogP contribution in [0.4, 0.5) is 8.78 Å². The van der Waals surface area contributed by atoms with E-state index in [2.05, 4.69) is 9.97 Å². The number of aryl methyl sites for hydroxylation is 1. The van der Waals surface area contributed by atoms with Gasteiger partial charge in [-0.25, -0.2) is 8.78 Å². The van der Waals surface area contributed by atoms with Gasteiger partial charge in [-0.15, -0.1) is 0 Å². The highest BCUT2D eigenvalue weighted by Gasteiger charge is 2.14. The predicted molar refractivity (Wildman–Crippen MR) is 63.8 cm³/mol. The molecular weight excluding hydrogens is 236 g/mol. The normalized spacial score (nSPS) is 12.4. The first kappa shape index (κ1) is 12.6. The van der Waals surface area contributed by atoms with E-state index in [4.69, 9.17) is 5.73 Å². The summed E-state index contributed by atoms with van der Waals surface area (Å²) in [6, 6.07) is 3.55. The van der Waals surface area contributed by atoms with Crippen LogP contribution in [-0.4, -0.2) is 9.97 Å². The Kier molecular flexibility index (Phi) is 3.62. The van der Waals surface area contributed by atoms with Crippen molar-refractivity contribution in [3.8, 4) is 0 Å². The lowest BCUT2D eigenvalue weighted by Gasteiger charge is -2.11. The Labute approximate surface area is 104 Å². The Morgan fingerprint density at radius 3 is 2.67 bits per heavy atom. The SMILES string of the molecule is Cc1cnc(C(N)Cc2cccc(F)c2F)cn1. The van der Waals surface area contributed by atoms with E-state index in [0.717, 1.165) is 11.8 Å². The van der Waals surface area contributed by atoms with Crippen molar-refractivity contribution >= 4 is 0 Å². The summed E-state index contributed by atoms with van der Waals surface area (Å²) in [4.78, 5) is 8.19. The highest BCUT2D eigenvalue weighted by atomic mass is 19.2. The number of nitrogens with zero attached hydrogens (tertiary/aromatic N) is 2. The van der Waals surface area contributed by atoms with Gasteiger partial charge in [0.2, 0.25) is 0 Å². The van der Waals surface area contributed by atoms with Crippen LogP contribution in [0.2, 0.25) is 0 Å². The second kappa shape index (κ2) is 5.18. The molecule has 0 saturated carbocycles. The Hall–Kier alpha value is -1.88. The monoisotopic (exact) mass is 249 g/mol. The molecule has 0 radical (unpaired) electrons. The van der Waals surface area contributed by atoms with Gasteiger partial charge in [-0.2, -0.15) is 0 Å². The Morgan fingerprint density at radius 2 is 2.00 bits per heavy atom. The molecule has 1 atom stereocenters. The maximum absolute atomic E-state index is 13.5. The van der Waals surface area contributed by atoms with Crippen molar-refractivity contribution < 1.29 is 8.78 Å². The van der Waals surface area contributed by atoms with Gasteiger partial charge in [0.1, 0.15) is 0 Å². The molecule has 0 saturated heterocycles. The van der Waals surface area contributed by atoms with Crippen molar-refractivity contribution in [3.63, 3.8) is 0 Å². The van der Waals surface area contributed by atoms with Crippen molar-refractivity contribution in [2.75, 3.05) is 0 Å². The average Bonchev–Trinajstić information content (AvgIpc) is 2.36. The molecule has 2 aromatic rings. The first-order chi connectivity index (χ1) is 8.58. The van der Waals surface area contributed by atoms with Crippen molar-refractivity contribution in [2.45, 2.75) is 19.4 Å². The molecule has 1 heterocycles. The summed E-state index contributed by atoms with van der Waals surface area (Å²) in [6.07, 6.45) is 3.33. The third kappa shape index (κ3) is 2.68. The largest absolute Gasteiger partial charge is 0.322 e. The summed E-state index contributed by atoms with van der Waals surface area (Å²) in [7, 11) is 0. The van der Waals surface area contributed by atoms with Crippen LogP contribution in [0.1, 0.15) is 23.0 Å². The van der Waals surface area contributed by atoms with Gasteiger partial charge in [-0.1, -0.05) is 12.1 Å². The Morgan fingerprint density at radius 1 is 1.22 bits per heavy atom. The van der Waals surface area contributed by atoms with Crippen LogP contribution in [0.15, 0.2) is 30.6 Å². The van der Waals surface area contributed by atoms with E-state index < -0.39 is 17.7 Å². The standard InChI is InChI=1S/C13H13F2N3/c1-8-6-18-12(7-17-8)11(16)5-9-3-2-4-10(14)13(9)15/h2-4,6-7,11H,5,16H2,1H3. The molecule has 0 aliphatic carbocycles. The van der Waals surface area contributed by atoms with Gasteiger partial charge >= 0.3 is 0 Å². The number of aromatic nitrogens is 2. The number of halogens is 2. The summed E-state index contributed by atoms with van der Waals surface area (Å²) >= 11 is 0. The summed E-state index contributed by atoms with van der Waals surface area (Å²) in [6.45, 7) is 1.81. The van der Waals surface area contributed by atoms with Crippen LogP contribution < -0.4 is 5.73 Å². The number of hydrogen-bond donors (Lipinski definition) is 1. The van der Waals surface area contributed by atoms with Crippen LogP contribution in [0, 0.1) is 18.6 Å². The molecule has 2 N–H and O–H groups in total. The molecule has 0 fully saturated rings. The van der Waals surface area contributed by atoms with E-state index in [9.17, 15) is 8.78 Å². The first-order valence-electron chi connectivity index (χ1n) is 5.55. The zero-order chi connectivity index (χ0) is 13.1. The molecule has 0 amide bonds. The van der Waals surface area contributed by atoms with Gasteiger partial charge < -0.3 is 5.73 Å². The average molecular weight is 249 g/mol. The molecule has 0 bridgehead atoms. The lowest BCUT2D eigenvalue weighted by Crippen LogP contribution is -2.16. The van der Waals surface area contributed by atoms with Crippen molar-refractivity contribution in [1.82, 2.24) is 9.97 Å². The van der Waals surface area contributed by atoms with Gasteiger partial charge in [-0.05, 0) is 25.0 Å². The van der Waals surface area contributed by atoms with Crippen LogP contribution in [0.3, 0.4) is 0 Å². The van der Waals surface area contributed by atoms with Gasteiger partial charge in [0.15, 0.2) is 11.6 Å². The van der Waals surface area contributed by atoms with E-state index in [1.807, 2.05) is 6.92 Å². The number of nitrogens with two attached hydrogens (primary N) is 1. The smallest absolute Gasteiger partial charge is 0.162 e. The number of rotatable bonds is 3. The number of benzene rings is 1. The molecule has 1 aromatic heterocycles. The quantitative estimate of drug-likeness (QED) is 0.908. The van der Waals surface area contributed by atoms with Crippen LogP contribution in [-0.2, 0) is 6.42 Å². The zero-order valence-electron chi connectivity index (χ0n) is 9.90. The van der Waals surface area contributed by atoms with E-state index in [1.54, 1.807) is 12.4 Å². The van der Waals surface area contributed by atoms with E-state index in [1.165, 1.54) is 12.1 Å². The zero-order valence-corrected chi connectivity index (χ0v) is 9.90. The third-order valence-electron chi connectivity index (χ3n) is 2.65. The Bertz CT molecular complexity index is 540. The molecule has 1 unspecified atom stereocenters. The molecule has 18 heavy (non-hydrogen) atoms. The van der Waals surface area contributed by atoms with Crippen LogP contribution in [0.5, 0.6) is 0 Å². The maximum atomic E-state index is 13.5. The van der Waals surface area contributed by atoms with E-state index in [0.29, 0.717) is 5.69 Å². The van der Waals surface area contributed by atoms with Crippen molar-refractivity contribution in [3.05, 3.63) is 59.2 Å². The fourth-order valence-corrected chi connectivity index (χ4v) is 1.64. The molecule has 0 aliphatic rings. The fourth-order valence-electron chi connectivity index (χ4n) is 1.64. The molecule has 3 nitrogen and oxygen atoms in total. The lowest BCUT2D eigenvalue weighted by molar-refractivity contribution is 0.493. The molecule has 2 rings (SSSR count). The third-order valence-corrected chi connectivity index (χ3v) is 2.65. The molecule has 94 valence electrons. The molecule has 1 aromatic carbocycles. The summed E-state index contributed by atoms with van der Waals surface area (Å²) < 4.78 is 26.5. The van der Waals surface area contributed by atoms with Crippen LogP contribution >= 0.6 is 0 Å². The van der Waals surface area contributed by atoms with Crippen LogP contribution in [0.25, 0.3) is 0 Å². The fraction of sp³-hybridized carbons (Fsp3) is 0.231. The second-order valence-electron chi connectivity index (χ2n) is 4.11. The topological polar surface area (TPSA) is 51.8 Å². The Balaban J connectivity index is 2.18. The van der Waals surface area contributed by atoms with Gasteiger partial charge in [-0.3, -0.25) is 9.97 Å². The van der Waals surface area contributed by atoms with Gasteiger partial charge in [0.05, 0.1) is 23.6 Å². The summed E-state index contributed by atoms with van der Waals surface area (Å²) in [5.74, 6) is -1.72. The molecule has 0 aliphatic heterocycles.